The van der Waals surface area contributed by atoms with Gasteiger partial charge in [-0.25, -0.2) is 13.4 Å². The van der Waals surface area contributed by atoms with Crippen molar-refractivity contribution in [2.24, 2.45) is 0 Å². The van der Waals surface area contributed by atoms with Crippen molar-refractivity contribution < 1.29 is 8.42 Å². The van der Waals surface area contributed by atoms with Crippen molar-refractivity contribution in [1.29, 1.82) is 0 Å². The number of aromatic nitrogens is 1. The Bertz CT molecular complexity index is 509. The van der Waals surface area contributed by atoms with Crippen LogP contribution < -0.4 is 0 Å². The summed E-state index contributed by atoms with van der Waals surface area (Å²) in [6.45, 7) is 8.50. The smallest absolute Gasteiger partial charge is 0.151 e. The number of hydrogen-bond acceptors (Lipinski definition) is 5. The first-order chi connectivity index (χ1) is 8.80. The van der Waals surface area contributed by atoms with Crippen molar-refractivity contribution in [3.8, 4) is 0 Å². The maximum Gasteiger partial charge on any atom is 0.151 e. The van der Waals surface area contributed by atoms with Gasteiger partial charge in [-0.2, -0.15) is 0 Å². The molecule has 0 N–H and O–H groups in total. The fraction of sp³-hybridized carbons (Fsp3) is 0.769. The first-order valence-corrected chi connectivity index (χ1v) is 9.31. The third-order valence-corrected chi connectivity index (χ3v) is 6.57. The van der Waals surface area contributed by atoms with Gasteiger partial charge in [-0.1, -0.05) is 13.8 Å². The van der Waals surface area contributed by atoms with Crippen LogP contribution in [0.1, 0.15) is 42.4 Å². The molecule has 0 bridgehead atoms. The summed E-state index contributed by atoms with van der Waals surface area (Å²) >= 11 is 1.73. The van der Waals surface area contributed by atoms with Crippen molar-refractivity contribution >= 4 is 21.2 Å². The third kappa shape index (κ3) is 4.54. The van der Waals surface area contributed by atoms with E-state index in [9.17, 15) is 8.42 Å². The zero-order valence-electron chi connectivity index (χ0n) is 12.4. The zero-order valence-corrected chi connectivity index (χ0v) is 14.1. The molecule has 0 aliphatic rings. The average Bonchev–Trinajstić information content (AvgIpc) is 2.76. The van der Waals surface area contributed by atoms with Gasteiger partial charge in [0.05, 0.1) is 16.5 Å². The summed E-state index contributed by atoms with van der Waals surface area (Å²) in [4.78, 5) is 7.87. The molecule has 0 amide bonds. The second-order valence-corrected chi connectivity index (χ2v) is 8.39. The van der Waals surface area contributed by atoms with Crippen molar-refractivity contribution in [1.82, 2.24) is 9.88 Å². The van der Waals surface area contributed by atoms with Crippen LogP contribution in [0.3, 0.4) is 0 Å². The number of hydrogen-bond donors (Lipinski definition) is 0. The highest BCUT2D eigenvalue weighted by Gasteiger charge is 2.19. The van der Waals surface area contributed by atoms with E-state index in [4.69, 9.17) is 0 Å². The molecule has 0 aromatic carbocycles. The summed E-state index contributed by atoms with van der Waals surface area (Å²) in [6.07, 6.45) is 0.951. The quantitative estimate of drug-likeness (QED) is 0.776. The summed E-state index contributed by atoms with van der Waals surface area (Å²) in [5.41, 5.74) is 1.07. The summed E-state index contributed by atoms with van der Waals surface area (Å²) < 4.78 is 23.1. The predicted octanol–water partition coefficient (Wildman–Crippen LogP) is 2.44. The molecule has 1 aromatic heterocycles. The minimum Gasteiger partial charge on any atom is -0.298 e. The summed E-state index contributed by atoms with van der Waals surface area (Å²) in [6, 6.07) is 0.213. The van der Waals surface area contributed by atoms with Gasteiger partial charge in [0, 0.05) is 23.2 Å². The minimum absolute atomic E-state index is 0.213. The van der Waals surface area contributed by atoms with E-state index in [1.807, 2.05) is 14.0 Å². The monoisotopic (exact) mass is 304 g/mol. The van der Waals surface area contributed by atoms with Crippen LogP contribution in [0.4, 0.5) is 0 Å². The fourth-order valence-corrected chi connectivity index (χ4v) is 3.81. The zero-order chi connectivity index (χ0) is 14.6. The molecule has 1 heterocycles. The number of thiazole rings is 1. The number of nitrogens with zero attached hydrogens (tertiary/aromatic N) is 2. The topological polar surface area (TPSA) is 50.3 Å². The highest BCUT2D eigenvalue weighted by atomic mass is 32.2. The highest BCUT2D eigenvalue weighted by molar-refractivity contribution is 7.91. The molecule has 0 saturated carbocycles. The molecule has 0 radical (unpaired) electrons. The third-order valence-electron chi connectivity index (χ3n) is 3.41. The van der Waals surface area contributed by atoms with Crippen molar-refractivity contribution in [2.45, 2.75) is 40.2 Å². The summed E-state index contributed by atoms with van der Waals surface area (Å²) in [7, 11) is -0.921. The Kier molecular flexibility index (Phi) is 5.95. The van der Waals surface area contributed by atoms with E-state index < -0.39 is 9.84 Å². The summed E-state index contributed by atoms with van der Waals surface area (Å²) in [5, 5.41) is 1.15. The SMILES string of the molecule is CCc1nc(C)c(C(C)N(C)CCS(=O)(=O)CC)s1. The molecule has 0 aliphatic carbocycles. The molecule has 1 atom stereocenters. The lowest BCUT2D eigenvalue weighted by Gasteiger charge is -2.23. The molecule has 1 rings (SSSR count). The van der Waals surface area contributed by atoms with E-state index in [-0.39, 0.29) is 17.5 Å². The van der Waals surface area contributed by atoms with Crippen LogP contribution in [0.15, 0.2) is 0 Å². The molecule has 110 valence electrons. The van der Waals surface area contributed by atoms with Crippen molar-refractivity contribution in [2.75, 3.05) is 25.1 Å². The Balaban J connectivity index is 2.71. The van der Waals surface area contributed by atoms with Gasteiger partial charge in [-0.15, -0.1) is 11.3 Å². The Hall–Kier alpha value is -0.460. The Labute approximate surface area is 120 Å². The molecule has 6 heteroatoms. The molecule has 4 nitrogen and oxygen atoms in total. The normalized spacial score (nSPS) is 14.0. The fourth-order valence-electron chi connectivity index (χ4n) is 1.83. The first-order valence-electron chi connectivity index (χ1n) is 6.67. The maximum atomic E-state index is 11.5. The van der Waals surface area contributed by atoms with Crippen LogP contribution in [-0.4, -0.2) is 43.4 Å². The minimum atomic E-state index is -2.89. The van der Waals surface area contributed by atoms with E-state index >= 15 is 0 Å². The maximum absolute atomic E-state index is 11.5. The van der Waals surface area contributed by atoms with Crippen LogP contribution in [0.25, 0.3) is 0 Å². The lowest BCUT2D eigenvalue weighted by atomic mass is 10.2. The lowest BCUT2D eigenvalue weighted by molar-refractivity contribution is 0.279. The van der Waals surface area contributed by atoms with Crippen LogP contribution in [0, 0.1) is 6.92 Å². The van der Waals surface area contributed by atoms with Gasteiger partial charge in [-0.3, -0.25) is 4.90 Å². The average molecular weight is 304 g/mol. The highest BCUT2D eigenvalue weighted by Crippen LogP contribution is 2.28. The van der Waals surface area contributed by atoms with Crippen LogP contribution in [-0.2, 0) is 16.3 Å². The van der Waals surface area contributed by atoms with E-state index in [1.165, 1.54) is 4.88 Å². The summed E-state index contributed by atoms with van der Waals surface area (Å²) in [5.74, 6) is 0.442. The van der Waals surface area contributed by atoms with Gasteiger partial charge in [0.2, 0.25) is 0 Å². The molecule has 0 spiro atoms. The Morgan fingerprint density at radius 3 is 2.47 bits per heavy atom. The molecule has 19 heavy (non-hydrogen) atoms. The van der Waals surface area contributed by atoms with Crippen LogP contribution >= 0.6 is 11.3 Å². The van der Waals surface area contributed by atoms with Crippen LogP contribution in [0.5, 0.6) is 0 Å². The Morgan fingerprint density at radius 1 is 1.37 bits per heavy atom. The second kappa shape index (κ2) is 6.81. The van der Waals surface area contributed by atoms with E-state index in [2.05, 4.69) is 23.7 Å². The standard InChI is InChI=1S/C13H24N2O2S2/c1-6-12-14-10(3)13(18-12)11(4)15(5)8-9-19(16,17)7-2/h11H,6-9H2,1-5H3. The molecular formula is C13H24N2O2S2. The van der Waals surface area contributed by atoms with Gasteiger partial charge in [0.25, 0.3) is 0 Å². The van der Waals surface area contributed by atoms with Gasteiger partial charge in [0.1, 0.15) is 0 Å². The van der Waals surface area contributed by atoms with Gasteiger partial charge in [-0.05, 0) is 27.3 Å². The number of aryl methyl sites for hydroxylation is 2. The van der Waals surface area contributed by atoms with Gasteiger partial charge >= 0.3 is 0 Å². The van der Waals surface area contributed by atoms with E-state index in [0.717, 1.165) is 17.1 Å². The molecule has 0 aliphatic heterocycles. The van der Waals surface area contributed by atoms with E-state index in [1.54, 1.807) is 18.3 Å². The van der Waals surface area contributed by atoms with Gasteiger partial charge < -0.3 is 0 Å². The van der Waals surface area contributed by atoms with Crippen LogP contribution in [0.2, 0.25) is 0 Å². The van der Waals surface area contributed by atoms with Crippen molar-refractivity contribution in [3.05, 3.63) is 15.6 Å². The molecule has 1 unspecified atom stereocenters. The molecule has 1 aromatic rings. The first kappa shape index (κ1) is 16.6. The van der Waals surface area contributed by atoms with Gasteiger partial charge in [0.15, 0.2) is 9.84 Å². The molecular weight excluding hydrogens is 280 g/mol. The van der Waals surface area contributed by atoms with E-state index in [0.29, 0.717) is 6.54 Å². The predicted molar refractivity (Wildman–Crippen MR) is 81.6 cm³/mol. The molecule has 0 saturated heterocycles. The largest absolute Gasteiger partial charge is 0.298 e. The van der Waals surface area contributed by atoms with Crippen molar-refractivity contribution in [3.63, 3.8) is 0 Å². The Morgan fingerprint density at radius 2 is 2.00 bits per heavy atom. The number of sulfone groups is 1. The second-order valence-electron chi connectivity index (χ2n) is 4.80. The molecule has 0 fully saturated rings. The lowest BCUT2D eigenvalue weighted by Crippen LogP contribution is -2.28. The number of rotatable bonds is 7.